The Labute approximate surface area is 147 Å². The van der Waals surface area contributed by atoms with Crippen LogP contribution in [0.5, 0.6) is 0 Å². The summed E-state index contributed by atoms with van der Waals surface area (Å²) in [6.07, 6.45) is 4.43. The molecular weight excluding hydrogens is 316 g/mol. The molecule has 2 unspecified atom stereocenters. The summed E-state index contributed by atoms with van der Waals surface area (Å²) >= 11 is 0. The molecule has 25 heavy (non-hydrogen) atoms. The Morgan fingerprint density at radius 1 is 1.00 bits per heavy atom. The first-order chi connectivity index (χ1) is 12.3. The van der Waals surface area contributed by atoms with Gasteiger partial charge in [0.25, 0.3) is 5.91 Å². The molecule has 0 aliphatic carbocycles. The van der Waals surface area contributed by atoms with E-state index in [4.69, 9.17) is 9.47 Å². The van der Waals surface area contributed by atoms with Gasteiger partial charge in [-0.15, -0.1) is 0 Å². The van der Waals surface area contributed by atoms with E-state index in [2.05, 4.69) is 4.98 Å². The Kier molecular flexibility index (Phi) is 4.95. The van der Waals surface area contributed by atoms with Gasteiger partial charge in [-0.3, -0.25) is 4.79 Å². The Bertz CT molecular complexity index is 719. The standard InChI is InChI=1S/C20H24N2O3/c23-20(19-10-9-15-5-1-2-8-18(15)21-19)22(13-16-6-3-11-24-16)14-17-7-4-12-25-17/h1-2,5,8-10,16-17H,3-4,6-7,11-14H2. The van der Waals surface area contributed by atoms with Gasteiger partial charge in [0.05, 0.1) is 17.7 Å². The molecule has 2 aliphatic rings. The van der Waals surface area contributed by atoms with E-state index in [9.17, 15) is 4.79 Å². The second kappa shape index (κ2) is 7.50. The van der Waals surface area contributed by atoms with Crippen LogP contribution in [0.25, 0.3) is 10.9 Å². The topological polar surface area (TPSA) is 51.7 Å². The first kappa shape index (κ1) is 16.5. The van der Waals surface area contributed by atoms with E-state index in [1.54, 1.807) is 0 Å². The van der Waals surface area contributed by atoms with Crippen LogP contribution in [-0.4, -0.2) is 54.3 Å². The molecule has 3 heterocycles. The van der Waals surface area contributed by atoms with Gasteiger partial charge in [0, 0.05) is 31.7 Å². The minimum absolute atomic E-state index is 0.0308. The van der Waals surface area contributed by atoms with Gasteiger partial charge in [0.2, 0.25) is 0 Å². The molecule has 0 N–H and O–H groups in total. The summed E-state index contributed by atoms with van der Waals surface area (Å²) in [6, 6.07) is 11.7. The van der Waals surface area contributed by atoms with Crippen LogP contribution in [0.3, 0.4) is 0 Å². The lowest BCUT2D eigenvalue weighted by Gasteiger charge is -2.27. The number of rotatable bonds is 5. The molecule has 4 rings (SSSR count). The summed E-state index contributed by atoms with van der Waals surface area (Å²) in [6.45, 7) is 2.82. The predicted octanol–water partition coefficient (Wildman–Crippen LogP) is 3.04. The van der Waals surface area contributed by atoms with Gasteiger partial charge in [0.15, 0.2) is 0 Å². The van der Waals surface area contributed by atoms with Crippen molar-refractivity contribution >= 4 is 16.8 Å². The average molecular weight is 340 g/mol. The zero-order valence-corrected chi connectivity index (χ0v) is 14.4. The molecule has 5 heteroatoms. The molecule has 2 saturated heterocycles. The number of amides is 1. The van der Waals surface area contributed by atoms with Gasteiger partial charge < -0.3 is 14.4 Å². The van der Waals surface area contributed by atoms with E-state index in [0.29, 0.717) is 18.8 Å². The van der Waals surface area contributed by atoms with Crippen molar-refractivity contribution in [1.29, 1.82) is 0 Å². The summed E-state index contributed by atoms with van der Waals surface area (Å²) in [7, 11) is 0. The summed E-state index contributed by atoms with van der Waals surface area (Å²) in [5.41, 5.74) is 1.34. The Hall–Kier alpha value is -1.98. The second-order valence-corrected chi connectivity index (χ2v) is 6.87. The summed E-state index contributed by atoms with van der Waals surface area (Å²) in [4.78, 5) is 19.6. The summed E-state index contributed by atoms with van der Waals surface area (Å²) in [5, 5.41) is 1.05. The van der Waals surface area contributed by atoms with Gasteiger partial charge in [-0.1, -0.05) is 24.3 Å². The van der Waals surface area contributed by atoms with E-state index in [1.807, 2.05) is 41.3 Å². The average Bonchev–Trinajstić information content (AvgIpc) is 3.34. The molecule has 132 valence electrons. The minimum Gasteiger partial charge on any atom is -0.376 e. The fourth-order valence-electron chi connectivity index (χ4n) is 3.66. The SMILES string of the molecule is O=C(c1ccc2ccccc2n1)N(CC1CCCO1)CC1CCCO1. The van der Waals surface area contributed by atoms with Gasteiger partial charge in [-0.25, -0.2) is 4.98 Å². The van der Waals surface area contributed by atoms with E-state index in [1.165, 1.54) is 0 Å². The smallest absolute Gasteiger partial charge is 0.272 e. The van der Waals surface area contributed by atoms with Crippen LogP contribution in [0, 0.1) is 0 Å². The summed E-state index contributed by atoms with van der Waals surface area (Å²) < 4.78 is 11.5. The normalized spacial score (nSPS) is 23.2. The van der Waals surface area contributed by atoms with Crippen molar-refractivity contribution in [3.8, 4) is 0 Å². The number of hydrogen-bond acceptors (Lipinski definition) is 4. The molecule has 5 nitrogen and oxygen atoms in total. The maximum absolute atomic E-state index is 13.1. The number of nitrogens with zero attached hydrogens (tertiary/aromatic N) is 2. The fourth-order valence-corrected chi connectivity index (χ4v) is 3.66. The van der Waals surface area contributed by atoms with Crippen molar-refractivity contribution in [2.45, 2.75) is 37.9 Å². The van der Waals surface area contributed by atoms with Crippen molar-refractivity contribution in [3.05, 3.63) is 42.1 Å². The number of carbonyl (C=O) groups excluding carboxylic acids is 1. The molecule has 0 radical (unpaired) electrons. The highest BCUT2D eigenvalue weighted by Crippen LogP contribution is 2.19. The minimum atomic E-state index is -0.0308. The Morgan fingerprint density at radius 3 is 2.32 bits per heavy atom. The second-order valence-electron chi connectivity index (χ2n) is 6.87. The van der Waals surface area contributed by atoms with E-state index in [-0.39, 0.29) is 18.1 Å². The van der Waals surface area contributed by atoms with Crippen LogP contribution < -0.4 is 0 Å². The highest BCUT2D eigenvalue weighted by molar-refractivity contribution is 5.95. The maximum atomic E-state index is 13.1. The lowest BCUT2D eigenvalue weighted by atomic mass is 10.1. The summed E-state index contributed by atoms with van der Waals surface area (Å²) in [5.74, 6) is -0.0308. The fraction of sp³-hybridized carbons (Fsp3) is 0.500. The molecule has 0 saturated carbocycles. The van der Waals surface area contributed by atoms with E-state index < -0.39 is 0 Å². The van der Waals surface area contributed by atoms with Crippen molar-refractivity contribution in [2.75, 3.05) is 26.3 Å². The monoisotopic (exact) mass is 340 g/mol. The number of benzene rings is 1. The zero-order valence-electron chi connectivity index (χ0n) is 14.4. The van der Waals surface area contributed by atoms with Crippen LogP contribution in [0.1, 0.15) is 36.2 Å². The number of hydrogen-bond donors (Lipinski definition) is 0. The largest absolute Gasteiger partial charge is 0.376 e. The van der Waals surface area contributed by atoms with Gasteiger partial charge >= 0.3 is 0 Å². The lowest BCUT2D eigenvalue weighted by molar-refractivity contribution is 0.0304. The number of pyridine rings is 1. The molecule has 2 aliphatic heterocycles. The first-order valence-corrected chi connectivity index (χ1v) is 9.18. The Morgan fingerprint density at radius 2 is 1.68 bits per heavy atom. The van der Waals surface area contributed by atoms with E-state index in [0.717, 1.165) is 49.8 Å². The first-order valence-electron chi connectivity index (χ1n) is 9.18. The number of aromatic nitrogens is 1. The van der Waals surface area contributed by atoms with E-state index >= 15 is 0 Å². The molecule has 2 fully saturated rings. The number of fused-ring (bicyclic) bond motifs is 1. The Balaban J connectivity index is 1.55. The van der Waals surface area contributed by atoms with Gasteiger partial charge in [-0.2, -0.15) is 0 Å². The van der Waals surface area contributed by atoms with Gasteiger partial charge in [0.1, 0.15) is 5.69 Å². The molecule has 2 atom stereocenters. The van der Waals surface area contributed by atoms with Crippen molar-refractivity contribution in [3.63, 3.8) is 0 Å². The molecule has 1 amide bonds. The van der Waals surface area contributed by atoms with Crippen LogP contribution in [0.2, 0.25) is 0 Å². The molecule has 0 spiro atoms. The molecule has 1 aromatic carbocycles. The number of carbonyl (C=O) groups is 1. The molecule has 2 aromatic rings. The third-order valence-electron chi connectivity index (χ3n) is 5.00. The van der Waals surface area contributed by atoms with Crippen molar-refractivity contribution in [1.82, 2.24) is 9.88 Å². The zero-order chi connectivity index (χ0) is 17.1. The van der Waals surface area contributed by atoms with Crippen LogP contribution in [-0.2, 0) is 9.47 Å². The van der Waals surface area contributed by atoms with Crippen molar-refractivity contribution < 1.29 is 14.3 Å². The highest BCUT2D eigenvalue weighted by Gasteiger charge is 2.28. The third-order valence-corrected chi connectivity index (χ3v) is 5.00. The van der Waals surface area contributed by atoms with Crippen molar-refractivity contribution in [2.24, 2.45) is 0 Å². The number of ether oxygens (including phenoxy) is 2. The lowest BCUT2D eigenvalue weighted by Crippen LogP contribution is -2.42. The van der Waals surface area contributed by atoms with Crippen LogP contribution >= 0.6 is 0 Å². The van der Waals surface area contributed by atoms with Crippen LogP contribution in [0.4, 0.5) is 0 Å². The molecular formula is C20H24N2O3. The molecule has 0 bridgehead atoms. The maximum Gasteiger partial charge on any atom is 0.272 e. The van der Waals surface area contributed by atoms with Crippen LogP contribution in [0.15, 0.2) is 36.4 Å². The molecule has 1 aromatic heterocycles. The predicted molar refractivity (Wildman–Crippen MR) is 95.6 cm³/mol. The quantitative estimate of drug-likeness (QED) is 0.839. The highest BCUT2D eigenvalue weighted by atomic mass is 16.5. The van der Waals surface area contributed by atoms with Gasteiger partial charge in [-0.05, 0) is 37.8 Å². The number of para-hydroxylation sites is 1. The third kappa shape index (κ3) is 3.83.